The number of benzene rings is 1. The van der Waals surface area contributed by atoms with Crippen LogP contribution >= 0.6 is 0 Å². The van der Waals surface area contributed by atoms with Crippen LogP contribution in [0.15, 0.2) is 18.2 Å². The normalized spacial score (nSPS) is 12.2. The Hall–Kier alpha value is -1.71. The summed E-state index contributed by atoms with van der Waals surface area (Å²) in [5, 5.41) is 3.37. The molecule has 0 aliphatic carbocycles. The van der Waals surface area contributed by atoms with Crippen LogP contribution in [0.5, 0.6) is 0 Å². The summed E-state index contributed by atoms with van der Waals surface area (Å²) in [5.74, 6) is 0.385. The van der Waals surface area contributed by atoms with E-state index in [1.165, 1.54) is 20.0 Å². The van der Waals surface area contributed by atoms with Gasteiger partial charge in [-0.05, 0) is 37.5 Å². The molecule has 4 heteroatoms. The van der Waals surface area contributed by atoms with E-state index in [1.807, 2.05) is 0 Å². The highest BCUT2D eigenvalue weighted by Crippen LogP contribution is 2.22. The van der Waals surface area contributed by atoms with E-state index >= 15 is 0 Å². The third-order valence-electron chi connectivity index (χ3n) is 3.29. The standard InChI is InChI=1S/C16H26N2O2/c1-11(2)6-5-7-12(3)18-15-10-13(16(19)20-4)8-9-14(15)17/h8-12,18H,5-7,17H2,1-4H3. The van der Waals surface area contributed by atoms with Crippen molar-refractivity contribution in [2.24, 2.45) is 5.92 Å². The summed E-state index contributed by atoms with van der Waals surface area (Å²) in [4.78, 5) is 11.5. The number of carbonyl (C=O) groups excluding carboxylic acids is 1. The van der Waals surface area contributed by atoms with Gasteiger partial charge in [0.25, 0.3) is 0 Å². The van der Waals surface area contributed by atoms with Gasteiger partial charge in [0.1, 0.15) is 0 Å². The first-order valence-corrected chi connectivity index (χ1v) is 7.18. The van der Waals surface area contributed by atoms with Gasteiger partial charge in [-0.15, -0.1) is 0 Å². The Bertz CT molecular complexity index is 444. The molecule has 0 bridgehead atoms. The highest BCUT2D eigenvalue weighted by atomic mass is 16.5. The van der Waals surface area contributed by atoms with Crippen LogP contribution in [-0.2, 0) is 4.74 Å². The molecule has 0 radical (unpaired) electrons. The van der Waals surface area contributed by atoms with Gasteiger partial charge in [0.15, 0.2) is 0 Å². The summed E-state index contributed by atoms with van der Waals surface area (Å²) in [6, 6.07) is 5.48. The fourth-order valence-corrected chi connectivity index (χ4v) is 2.10. The Balaban J connectivity index is 2.64. The summed E-state index contributed by atoms with van der Waals surface area (Å²) in [6.07, 6.45) is 3.49. The minimum atomic E-state index is -0.347. The number of carbonyl (C=O) groups is 1. The second-order valence-electron chi connectivity index (χ2n) is 5.66. The Kier molecular flexibility index (Phi) is 6.36. The van der Waals surface area contributed by atoms with E-state index in [4.69, 9.17) is 10.5 Å². The minimum absolute atomic E-state index is 0.323. The van der Waals surface area contributed by atoms with Gasteiger partial charge >= 0.3 is 5.97 Å². The lowest BCUT2D eigenvalue weighted by Gasteiger charge is -2.18. The van der Waals surface area contributed by atoms with Crippen LogP contribution in [0.25, 0.3) is 0 Å². The fourth-order valence-electron chi connectivity index (χ4n) is 2.10. The number of rotatable bonds is 7. The predicted molar refractivity (Wildman–Crippen MR) is 84.0 cm³/mol. The number of methoxy groups -OCH3 is 1. The lowest BCUT2D eigenvalue weighted by molar-refractivity contribution is 0.0601. The van der Waals surface area contributed by atoms with Gasteiger partial charge < -0.3 is 15.8 Å². The van der Waals surface area contributed by atoms with E-state index in [9.17, 15) is 4.79 Å². The average Bonchev–Trinajstić information content (AvgIpc) is 2.40. The molecule has 0 aromatic heterocycles. The van der Waals surface area contributed by atoms with Crippen LogP contribution in [0, 0.1) is 5.92 Å². The minimum Gasteiger partial charge on any atom is -0.465 e. The maximum absolute atomic E-state index is 11.5. The molecule has 1 rings (SSSR count). The molecule has 0 aliphatic rings. The molecule has 3 N–H and O–H groups in total. The maximum Gasteiger partial charge on any atom is 0.337 e. The average molecular weight is 278 g/mol. The summed E-state index contributed by atoms with van der Waals surface area (Å²) >= 11 is 0. The van der Waals surface area contributed by atoms with E-state index in [0.717, 1.165) is 18.0 Å². The number of hydrogen-bond donors (Lipinski definition) is 2. The highest BCUT2D eigenvalue weighted by molar-refractivity contribution is 5.91. The van der Waals surface area contributed by atoms with Crippen molar-refractivity contribution >= 4 is 17.3 Å². The molecule has 0 spiro atoms. The lowest BCUT2D eigenvalue weighted by atomic mass is 10.0. The van der Waals surface area contributed by atoms with Gasteiger partial charge in [-0.3, -0.25) is 0 Å². The predicted octanol–water partition coefficient (Wildman–Crippen LogP) is 3.68. The second-order valence-corrected chi connectivity index (χ2v) is 5.66. The van der Waals surface area contributed by atoms with Crippen LogP contribution in [0.4, 0.5) is 11.4 Å². The Labute approximate surface area is 121 Å². The molecule has 20 heavy (non-hydrogen) atoms. The number of esters is 1. The monoisotopic (exact) mass is 278 g/mol. The second kappa shape index (κ2) is 7.78. The third-order valence-corrected chi connectivity index (χ3v) is 3.29. The first-order valence-electron chi connectivity index (χ1n) is 7.18. The quantitative estimate of drug-likeness (QED) is 0.590. The first-order chi connectivity index (χ1) is 9.43. The molecule has 4 nitrogen and oxygen atoms in total. The first kappa shape index (κ1) is 16.3. The largest absolute Gasteiger partial charge is 0.465 e. The van der Waals surface area contributed by atoms with Crippen molar-refractivity contribution in [1.29, 1.82) is 0 Å². The molecule has 1 aromatic carbocycles. The molecule has 0 aliphatic heterocycles. The zero-order chi connectivity index (χ0) is 15.1. The van der Waals surface area contributed by atoms with Gasteiger partial charge in [0, 0.05) is 6.04 Å². The van der Waals surface area contributed by atoms with Crippen molar-refractivity contribution in [2.45, 2.75) is 46.1 Å². The van der Waals surface area contributed by atoms with Crippen LogP contribution < -0.4 is 11.1 Å². The molecular weight excluding hydrogens is 252 g/mol. The molecule has 0 saturated carbocycles. The molecule has 0 amide bonds. The Morgan fingerprint density at radius 3 is 2.60 bits per heavy atom. The van der Waals surface area contributed by atoms with Crippen LogP contribution in [0.2, 0.25) is 0 Å². The number of nitrogen functional groups attached to an aromatic ring is 1. The number of nitrogens with one attached hydrogen (secondary N) is 1. The number of hydrogen-bond acceptors (Lipinski definition) is 4. The van der Waals surface area contributed by atoms with Crippen molar-refractivity contribution in [3.05, 3.63) is 23.8 Å². The highest BCUT2D eigenvalue weighted by Gasteiger charge is 2.10. The smallest absolute Gasteiger partial charge is 0.337 e. The maximum atomic E-state index is 11.5. The molecule has 0 saturated heterocycles. The van der Waals surface area contributed by atoms with Gasteiger partial charge in [0.2, 0.25) is 0 Å². The fraction of sp³-hybridized carbons (Fsp3) is 0.562. The number of ether oxygens (including phenoxy) is 1. The van der Waals surface area contributed by atoms with E-state index < -0.39 is 0 Å². The van der Waals surface area contributed by atoms with Crippen LogP contribution in [0.1, 0.15) is 50.4 Å². The van der Waals surface area contributed by atoms with E-state index in [1.54, 1.807) is 18.2 Å². The topological polar surface area (TPSA) is 64.3 Å². The number of anilines is 2. The van der Waals surface area contributed by atoms with Crippen molar-refractivity contribution in [3.63, 3.8) is 0 Å². The van der Waals surface area contributed by atoms with E-state index in [-0.39, 0.29) is 5.97 Å². The molecular formula is C16H26N2O2. The van der Waals surface area contributed by atoms with Crippen molar-refractivity contribution in [2.75, 3.05) is 18.2 Å². The SMILES string of the molecule is COC(=O)c1ccc(N)c(NC(C)CCCC(C)C)c1. The molecule has 112 valence electrons. The molecule has 1 atom stereocenters. The zero-order valence-corrected chi connectivity index (χ0v) is 12.9. The van der Waals surface area contributed by atoms with Gasteiger partial charge in [-0.25, -0.2) is 4.79 Å². The van der Waals surface area contributed by atoms with Crippen molar-refractivity contribution in [1.82, 2.24) is 0 Å². The summed E-state index contributed by atoms with van der Waals surface area (Å²) in [5.41, 5.74) is 7.90. The van der Waals surface area contributed by atoms with Crippen molar-refractivity contribution in [3.8, 4) is 0 Å². The van der Waals surface area contributed by atoms with Crippen molar-refractivity contribution < 1.29 is 9.53 Å². The third kappa shape index (κ3) is 5.11. The van der Waals surface area contributed by atoms with Gasteiger partial charge in [0.05, 0.1) is 24.0 Å². The molecule has 0 fully saturated rings. The number of nitrogens with two attached hydrogens (primary N) is 1. The Morgan fingerprint density at radius 2 is 2.00 bits per heavy atom. The van der Waals surface area contributed by atoms with Crippen LogP contribution in [-0.4, -0.2) is 19.1 Å². The summed E-state index contributed by atoms with van der Waals surface area (Å²) in [6.45, 7) is 6.59. The molecule has 1 aromatic rings. The van der Waals surface area contributed by atoms with Crippen LogP contribution in [0.3, 0.4) is 0 Å². The molecule has 1 unspecified atom stereocenters. The Morgan fingerprint density at radius 1 is 1.30 bits per heavy atom. The summed E-state index contributed by atoms with van der Waals surface area (Å²) < 4.78 is 4.72. The lowest BCUT2D eigenvalue weighted by Crippen LogP contribution is -2.17. The van der Waals surface area contributed by atoms with E-state index in [2.05, 4.69) is 26.1 Å². The van der Waals surface area contributed by atoms with Gasteiger partial charge in [-0.2, -0.15) is 0 Å². The summed E-state index contributed by atoms with van der Waals surface area (Å²) in [7, 11) is 1.38. The molecule has 0 heterocycles. The zero-order valence-electron chi connectivity index (χ0n) is 12.9. The van der Waals surface area contributed by atoms with Gasteiger partial charge in [-0.1, -0.05) is 26.7 Å². The van der Waals surface area contributed by atoms with E-state index in [0.29, 0.717) is 17.3 Å².